The second kappa shape index (κ2) is 7.81. The molecule has 2 aliphatic rings. The molecule has 0 N–H and O–H groups in total. The summed E-state index contributed by atoms with van der Waals surface area (Å²) in [6.07, 6.45) is 3.26. The molecular weight excluding hydrogens is 420 g/mol. The number of carbonyl (C=O) groups is 2. The molecule has 2 fully saturated rings. The Balaban J connectivity index is 1.46. The third-order valence-electron chi connectivity index (χ3n) is 5.70. The number of rotatable bonds is 5. The first-order chi connectivity index (χ1) is 15.0. The fourth-order valence-electron chi connectivity index (χ4n) is 4.16. The van der Waals surface area contributed by atoms with Crippen LogP contribution >= 0.6 is 11.6 Å². The van der Waals surface area contributed by atoms with Gasteiger partial charge < -0.3 is 14.5 Å². The Kier molecular flexibility index (Phi) is 4.97. The summed E-state index contributed by atoms with van der Waals surface area (Å²) >= 11 is 6.25. The van der Waals surface area contributed by atoms with Gasteiger partial charge in [-0.1, -0.05) is 6.07 Å². The maximum Gasteiger partial charge on any atom is 0.338 e. The van der Waals surface area contributed by atoms with E-state index in [1.165, 1.54) is 0 Å². The van der Waals surface area contributed by atoms with E-state index in [0.29, 0.717) is 48.8 Å². The Morgan fingerprint density at radius 3 is 2.87 bits per heavy atom. The van der Waals surface area contributed by atoms with Crippen molar-refractivity contribution in [2.45, 2.75) is 25.8 Å². The molecule has 0 spiro atoms. The average Bonchev–Trinajstić information content (AvgIpc) is 3.33. The van der Waals surface area contributed by atoms with Crippen LogP contribution in [0, 0.1) is 0 Å². The summed E-state index contributed by atoms with van der Waals surface area (Å²) in [6, 6.07) is 7.21. The Hall–Kier alpha value is -3.20. The molecule has 3 aromatic rings. The van der Waals surface area contributed by atoms with Gasteiger partial charge in [-0.05, 0) is 43.1 Å². The van der Waals surface area contributed by atoms with Crippen LogP contribution in [0.5, 0.6) is 0 Å². The number of benzene rings is 1. The van der Waals surface area contributed by atoms with Crippen molar-refractivity contribution >= 4 is 40.3 Å². The summed E-state index contributed by atoms with van der Waals surface area (Å²) in [5.41, 5.74) is 1.66. The summed E-state index contributed by atoms with van der Waals surface area (Å²) in [6.45, 7) is 4.31. The van der Waals surface area contributed by atoms with Gasteiger partial charge in [0, 0.05) is 26.1 Å². The van der Waals surface area contributed by atoms with Crippen LogP contribution in [-0.4, -0.2) is 68.8 Å². The summed E-state index contributed by atoms with van der Waals surface area (Å²) < 4.78 is 6.72. The molecule has 2 aliphatic heterocycles. The highest BCUT2D eigenvalue weighted by atomic mass is 35.5. The van der Waals surface area contributed by atoms with Gasteiger partial charge in [-0.15, -0.1) is 0 Å². The molecule has 1 aromatic carbocycles. The van der Waals surface area contributed by atoms with Gasteiger partial charge in [-0.2, -0.15) is 15.1 Å². The van der Waals surface area contributed by atoms with Crippen LogP contribution in [0.25, 0.3) is 16.7 Å². The summed E-state index contributed by atoms with van der Waals surface area (Å²) in [4.78, 5) is 37.0. The standard InChI is InChI=1S/C21H21ClN6O3/c1-2-31-20(30)13-5-3-6-14(9-13)28-19-16(10-23-28)18(24-21(22)25-19)26-11-15(12-26)27-8-4-7-17(27)29/h3,5-6,9-10,15H,2,4,7-8,11-12H2,1H3. The first-order valence-corrected chi connectivity index (χ1v) is 10.7. The lowest BCUT2D eigenvalue weighted by Gasteiger charge is -2.44. The maximum absolute atomic E-state index is 12.1. The number of likely N-dealkylation sites (tertiary alicyclic amines) is 1. The largest absolute Gasteiger partial charge is 0.462 e. The summed E-state index contributed by atoms with van der Waals surface area (Å²) in [7, 11) is 0. The maximum atomic E-state index is 12.1. The van der Waals surface area contributed by atoms with Crippen LogP contribution < -0.4 is 4.90 Å². The molecule has 2 saturated heterocycles. The van der Waals surface area contributed by atoms with Gasteiger partial charge in [0.2, 0.25) is 11.2 Å². The summed E-state index contributed by atoms with van der Waals surface area (Å²) in [5.74, 6) is 0.535. The van der Waals surface area contributed by atoms with E-state index in [1.807, 2.05) is 11.0 Å². The zero-order valence-electron chi connectivity index (χ0n) is 17.0. The first kappa shape index (κ1) is 19.7. The van der Waals surface area contributed by atoms with Crippen molar-refractivity contribution < 1.29 is 14.3 Å². The van der Waals surface area contributed by atoms with E-state index in [2.05, 4.69) is 20.0 Å². The highest BCUT2D eigenvalue weighted by Gasteiger charge is 2.38. The normalized spacial score (nSPS) is 16.8. The number of fused-ring (bicyclic) bond motifs is 1. The van der Waals surface area contributed by atoms with Gasteiger partial charge >= 0.3 is 5.97 Å². The van der Waals surface area contributed by atoms with Gasteiger partial charge in [0.05, 0.1) is 35.5 Å². The van der Waals surface area contributed by atoms with E-state index >= 15 is 0 Å². The highest BCUT2D eigenvalue weighted by molar-refractivity contribution is 6.28. The van der Waals surface area contributed by atoms with Crippen LogP contribution in [0.15, 0.2) is 30.5 Å². The lowest BCUT2D eigenvalue weighted by molar-refractivity contribution is -0.130. The first-order valence-electron chi connectivity index (χ1n) is 10.3. The number of hydrogen-bond donors (Lipinski definition) is 0. The smallest absolute Gasteiger partial charge is 0.338 e. The van der Waals surface area contributed by atoms with E-state index in [4.69, 9.17) is 16.3 Å². The lowest BCUT2D eigenvalue weighted by atomic mass is 10.1. The fraction of sp³-hybridized carbons (Fsp3) is 0.381. The molecule has 0 unspecified atom stereocenters. The van der Waals surface area contributed by atoms with Crippen LogP contribution in [0.1, 0.15) is 30.1 Å². The van der Waals surface area contributed by atoms with E-state index in [0.717, 1.165) is 18.4 Å². The second-order valence-electron chi connectivity index (χ2n) is 7.63. The minimum absolute atomic E-state index is 0.117. The molecule has 0 atom stereocenters. The molecule has 5 rings (SSSR count). The quantitative estimate of drug-likeness (QED) is 0.444. The molecule has 31 heavy (non-hydrogen) atoms. The van der Waals surface area contributed by atoms with Crippen LogP contribution in [0.2, 0.25) is 5.28 Å². The molecule has 0 aliphatic carbocycles. The lowest BCUT2D eigenvalue weighted by Crippen LogP contribution is -2.60. The van der Waals surface area contributed by atoms with E-state index in [9.17, 15) is 9.59 Å². The molecular formula is C21H21ClN6O3. The van der Waals surface area contributed by atoms with E-state index in [1.54, 1.807) is 36.0 Å². The molecule has 0 radical (unpaired) electrons. The van der Waals surface area contributed by atoms with Crippen LogP contribution in [0.4, 0.5) is 5.82 Å². The van der Waals surface area contributed by atoms with Gasteiger partial charge in [0.25, 0.3) is 0 Å². The van der Waals surface area contributed by atoms with Gasteiger partial charge in [0.15, 0.2) is 5.65 Å². The molecule has 2 aromatic heterocycles. The predicted molar refractivity (Wildman–Crippen MR) is 115 cm³/mol. The van der Waals surface area contributed by atoms with Crippen LogP contribution in [-0.2, 0) is 9.53 Å². The van der Waals surface area contributed by atoms with Crippen molar-refractivity contribution in [3.05, 3.63) is 41.3 Å². The van der Waals surface area contributed by atoms with Gasteiger partial charge in [-0.3, -0.25) is 4.79 Å². The zero-order chi connectivity index (χ0) is 21.5. The van der Waals surface area contributed by atoms with E-state index in [-0.39, 0.29) is 17.2 Å². The molecule has 4 heterocycles. The van der Waals surface area contributed by atoms with Crippen molar-refractivity contribution in [2.24, 2.45) is 0 Å². The fourth-order valence-corrected chi connectivity index (χ4v) is 4.32. The van der Waals surface area contributed by atoms with Crippen molar-refractivity contribution in [3.63, 3.8) is 0 Å². The number of anilines is 1. The second-order valence-corrected chi connectivity index (χ2v) is 7.97. The number of nitrogens with zero attached hydrogens (tertiary/aromatic N) is 6. The number of halogens is 1. The minimum Gasteiger partial charge on any atom is -0.462 e. The SMILES string of the molecule is CCOC(=O)c1cccc(-n2ncc3c(N4CC(N5CCCC5=O)C4)nc(Cl)nc32)c1. The van der Waals surface area contributed by atoms with Gasteiger partial charge in [-0.25, -0.2) is 9.48 Å². The Morgan fingerprint density at radius 2 is 2.13 bits per heavy atom. The van der Waals surface area contributed by atoms with E-state index < -0.39 is 5.97 Å². The predicted octanol–water partition coefficient (Wildman–Crippen LogP) is 2.46. The minimum atomic E-state index is -0.391. The van der Waals surface area contributed by atoms with Crippen molar-refractivity contribution in [2.75, 3.05) is 31.1 Å². The van der Waals surface area contributed by atoms with Crippen LogP contribution in [0.3, 0.4) is 0 Å². The Labute approximate surface area is 183 Å². The monoisotopic (exact) mass is 440 g/mol. The third-order valence-corrected chi connectivity index (χ3v) is 5.86. The molecule has 9 nitrogen and oxygen atoms in total. The number of amides is 1. The summed E-state index contributed by atoms with van der Waals surface area (Å²) in [5, 5.41) is 5.35. The Bertz CT molecular complexity index is 1170. The average molecular weight is 441 g/mol. The number of hydrogen-bond acceptors (Lipinski definition) is 7. The number of ether oxygens (including phenoxy) is 1. The van der Waals surface area contributed by atoms with Crippen molar-refractivity contribution in [1.82, 2.24) is 24.6 Å². The van der Waals surface area contributed by atoms with Crippen molar-refractivity contribution in [1.29, 1.82) is 0 Å². The Morgan fingerprint density at radius 1 is 1.29 bits per heavy atom. The van der Waals surface area contributed by atoms with Gasteiger partial charge in [0.1, 0.15) is 5.82 Å². The third kappa shape index (κ3) is 3.48. The molecule has 0 bridgehead atoms. The molecule has 1 amide bonds. The van der Waals surface area contributed by atoms with Crippen molar-refractivity contribution in [3.8, 4) is 5.69 Å². The number of aromatic nitrogens is 4. The topological polar surface area (TPSA) is 93.5 Å². The molecule has 10 heteroatoms. The molecule has 160 valence electrons. The number of carbonyl (C=O) groups excluding carboxylic acids is 2. The zero-order valence-corrected chi connectivity index (χ0v) is 17.7. The molecule has 0 saturated carbocycles. The highest BCUT2D eigenvalue weighted by Crippen LogP contribution is 2.32. The number of esters is 1.